The van der Waals surface area contributed by atoms with Crippen molar-refractivity contribution < 1.29 is 0 Å². The monoisotopic (exact) mass is 487 g/mol. The topological polar surface area (TPSA) is 32.0 Å². The molecule has 3 heteroatoms. The molecule has 0 spiro atoms. The average Bonchev–Trinajstić information content (AvgIpc) is 3.69. The summed E-state index contributed by atoms with van der Waals surface area (Å²) in [6, 6.07) is 10.6. The van der Waals surface area contributed by atoms with Gasteiger partial charge in [-0.05, 0) is 78.4 Å². The summed E-state index contributed by atoms with van der Waals surface area (Å²) >= 11 is 0. The zero-order valence-electron chi connectivity index (χ0n) is 21.8. The first kappa shape index (κ1) is 23.0. The Balaban J connectivity index is 1.26. The molecule has 7 rings (SSSR count). The van der Waals surface area contributed by atoms with E-state index in [4.69, 9.17) is 5.73 Å². The fourth-order valence-corrected chi connectivity index (χ4v) is 7.36. The molecule has 1 aromatic carbocycles. The van der Waals surface area contributed by atoms with Gasteiger partial charge in [0.05, 0.1) is 0 Å². The molecule has 6 aliphatic rings. The Labute approximate surface area is 221 Å². The number of nitrogens with zero attached hydrogens (tertiary/aromatic N) is 2. The van der Waals surface area contributed by atoms with Gasteiger partial charge in [-0.2, -0.15) is 5.01 Å². The van der Waals surface area contributed by atoms with Gasteiger partial charge in [-0.3, -0.25) is 5.01 Å². The number of hydrogen-bond donors (Lipinski definition) is 1. The summed E-state index contributed by atoms with van der Waals surface area (Å²) in [6.45, 7) is 2.28. The van der Waals surface area contributed by atoms with E-state index in [1.165, 1.54) is 22.3 Å². The molecule has 0 bridgehead atoms. The van der Waals surface area contributed by atoms with E-state index in [0.717, 1.165) is 38.5 Å². The van der Waals surface area contributed by atoms with Crippen LogP contribution in [0.1, 0.15) is 51.0 Å². The number of nitrogens with two attached hydrogens (primary N) is 1. The van der Waals surface area contributed by atoms with Crippen LogP contribution in [-0.2, 0) is 0 Å². The van der Waals surface area contributed by atoms with Crippen molar-refractivity contribution in [3.63, 3.8) is 0 Å². The Bertz CT molecular complexity index is 1330. The number of rotatable bonds is 5. The first-order chi connectivity index (χ1) is 18.2. The van der Waals surface area contributed by atoms with Crippen LogP contribution < -0.4 is 5.73 Å². The lowest BCUT2D eigenvalue weighted by atomic mass is 9.61. The lowest BCUT2D eigenvalue weighted by molar-refractivity contribution is 0.304. The number of hydrogen-bond acceptors (Lipinski definition) is 3. The average molecular weight is 488 g/mol. The molecule has 0 aromatic heterocycles. The predicted octanol–water partition coefficient (Wildman–Crippen LogP) is 7.19. The lowest BCUT2D eigenvalue weighted by Gasteiger charge is -2.44. The molecule has 6 atom stereocenters. The van der Waals surface area contributed by atoms with Gasteiger partial charge in [0.2, 0.25) is 0 Å². The van der Waals surface area contributed by atoms with E-state index in [9.17, 15) is 0 Å². The van der Waals surface area contributed by atoms with Crippen molar-refractivity contribution in [2.45, 2.75) is 57.8 Å². The minimum absolute atomic E-state index is 0.115. The van der Waals surface area contributed by atoms with Gasteiger partial charge >= 0.3 is 0 Å². The third-order valence-corrected chi connectivity index (χ3v) is 9.15. The first-order valence-corrected chi connectivity index (χ1v) is 14.2. The molecule has 1 aromatic rings. The van der Waals surface area contributed by atoms with Crippen LogP contribution in [0.25, 0.3) is 5.57 Å². The van der Waals surface area contributed by atoms with E-state index in [0.29, 0.717) is 17.8 Å². The molecule has 3 nitrogen and oxygen atoms in total. The summed E-state index contributed by atoms with van der Waals surface area (Å²) in [5.74, 6) is 1.52. The highest BCUT2D eigenvalue weighted by atomic mass is 15.9. The molecule has 1 fully saturated rings. The van der Waals surface area contributed by atoms with Crippen LogP contribution in [0.5, 0.6) is 0 Å². The van der Waals surface area contributed by atoms with Gasteiger partial charge < -0.3 is 5.73 Å². The summed E-state index contributed by atoms with van der Waals surface area (Å²) in [5, 5.41) is 4.72. The van der Waals surface area contributed by atoms with E-state index >= 15 is 0 Å². The summed E-state index contributed by atoms with van der Waals surface area (Å²) in [6.07, 6.45) is 30.8. The van der Waals surface area contributed by atoms with Crippen LogP contribution in [0.2, 0.25) is 0 Å². The van der Waals surface area contributed by atoms with Gasteiger partial charge in [-0.15, -0.1) is 0 Å². The third kappa shape index (κ3) is 3.88. The quantitative estimate of drug-likeness (QED) is 0.352. The zero-order chi connectivity index (χ0) is 24.9. The molecule has 2 aliphatic heterocycles. The van der Waals surface area contributed by atoms with E-state index in [-0.39, 0.29) is 12.3 Å². The maximum Gasteiger partial charge on any atom is 0.135 e. The van der Waals surface area contributed by atoms with Crippen molar-refractivity contribution in [2.75, 3.05) is 0 Å². The highest BCUT2D eigenvalue weighted by Gasteiger charge is 2.50. The van der Waals surface area contributed by atoms with Gasteiger partial charge in [0.25, 0.3) is 0 Å². The molecule has 0 amide bonds. The molecule has 4 aliphatic carbocycles. The number of hydrazine groups is 1. The van der Waals surface area contributed by atoms with Crippen LogP contribution in [0.3, 0.4) is 0 Å². The van der Waals surface area contributed by atoms with E-state index < -0.39 is 0 Å². The third-order valence-electron chi connectivity index (χ3n) is 9.15. The SMILES string of the molecule is CCC1=CC(C2C3=C(CCC=C3)C([C@@H](N)N3C4C=CC(c5ccccc5)=CN43)=C3CCC=CC32)CC=C1. The Kier molecular flexibility index (Phi) is 5.79. The molecule has 2 N–H and O–H groups in total. The van der Waals surface area contributed by atoms with Crippen molar-refractivity contribution in [3.8, 4) is 0 Å². The summed E-state index contributed by atoms with van der Waals surface area (Å²) in [5.41, 5.74) is 17.4. The number of allylic oxidation sites excluding steroid dienone is 12. The predicted molar refractivity (Wildman–Crippen MR) is 152 cm³/mol. The Hall–Kier alpha value is -3.14. The maximum atomic E-state index is 7.24. The van der Waals surface area contributed by atoms with Gasteiger partial charge in [-0.1, -0.05) is 97.0 Å². The smallest absolute Gasteiger partial charge is 0.135 e. The Morgan fingerprint density at radius 2 is 1.84 bits per heavy atom. The van der Waals surface area contributed by atoms with Gasteiger partial charge in [0.1, 0.15) is 12.3 Å². The van der Waals surface area contributed by atoms with E-state index in [1.54, 1.807) is 16.7 Å². The largest absolute Gasteiger partial charge is 0.310 e. The molecular weight excluding hydrogens is 450 g/mol. The number of benzene rings is 1. The standard InChI is InChI=1S/C34H37N3/c1-2-23-11-10-14-25(21-23)32-27-15-6-8-17-29(27)33(30-18-9-7-16-28(30)32)34(35)37-31-20-19-26(22-36(31)37)24-12-4-3-5-13-24/h3-7,10-13,15-16,19-22,25,27,31-32,34H,2,8-9,14,17-18,35H2,1H3/t25?,27?,31?,32?,34-,36?,37?/m0/s1. The van der Waals surface area contributed by atoms with Crippen LogP contribution in [0, 0.1) is 17.8 Å². The van der Waals surface area contributed by atoms with Crippen LogP contribution in [0.15, 0.2) is 119 Å². The summed E-state index contributed by atoms with van der Waals surface area (Å²) in [7, 11) is 0. The second-order valence-electron chi connectivity index (χ2n) is 11.2. The molecule has 188 valence electrons. The van der Waals surface area contributed by atoms with Gasteiger partial charge in [0, 0.05) is 18.0 Å². The Morgan fingerprint density at radius 3 is 2.70 bits per heavy atom. The van der Waals surface area contributed by atoms with Gasteiger partial charge in [-0.25, -0.2) is 0 Å². The fraction of sp³-hybridized carbons (Fsp3) is 0.353. The molecule has 0 radical (unpaired) electrons. The zero-order valence-corrected chi connectivity index (χ0v) is 21.8. The van der Waals surface area contributed by atoms with Crippen molar-refractivity contribution in [1.82, 2.24) is 10.0 Å². The second kappa shape index (κ2) is 9.31. The maximum absolute atomic E-state index is 7.24. The summed E-state index contributed by atoms with van der Waals surface area (Å²) < 4.78 is 0. The minimum Gasteiger partial charge on any atom is -0.310 e. The molecule has 37 heavy (non-hydrogen) atoms. The van der Waals surface area contributed by atoms with Crippen LogP contribution in [-0.4, -0.2) is 22.3 Å². The van der Waals surface area contributed by atoms with E-state index in [2.05, 4.69) is 108 Å². The molecule has 0 saturated carbocycles. The highest BCUT2D eigenvalue weighted by molar-refractivity contribution is 5.75. The Morgan fingerprint density at radius 1 is 0.973 bits per heavy atom. The van der Waals surface area contributed by atoms with Crippen LogP contribution >= 0.6 is 0 Å². The molecular formula is C34H37N3. The van der Waals surface area contributed by atoms with Crippen molar-refractivity contribution in [2.24, 2.45) is 23.5 Å². The highest BCUT2D eigenvalue weighted by Crippen LogP contribution is 2.53. The number of fused-ring (bicyclic) bond motifs is 2. The second-order valence-corrected chi connectivity index (χ2v) is 11.2. The van der Waals surface area contributed by atoms with Gasteiger partial charge in [0.15, 0.2) is 0 Å². The fourth-order valence-electron chi connectivity index (χ4n) is 7.36. The minimum atomic E-state index is -0.115. The lowest BCUT2D eigenvalue weighted by Crippen LogP contribution is -2.41. The van der Waals surface area contributed by atoms with Crippen molar-refractivity contribution in [1.29, 1.82) is 0 Å². The van der Waals surface area contributed by atoms with Crippen molar-refractivity contribution >= 4 is 5.57 Å². The normalized spacial score (nSPS) is 32.5. The molecule has 5 unspecified atom stereocenters. The molecule has 2 heterocycles. The van der Waals surface area contributed by atoms with E-state index in [1.807, 2.05) is 0 Å². The summed E-state index contributed by atoms with van der Waals surface area (Å²) in [4.78, 5) is 0. The molecule has 1 saturated heterocycles. The van der Waals surface area contributed by atoms with Crippen LogP contribution in [0.4, 0.5) is 0 Å². The first-order valence-electron chi connectivity index (χ1n) is 14.2. The van der Waals surface area contributed by atoms with Crippen molar-refractivity contribution in [3.05, 3.63) is 125 Å².